The van der Waals surface area contributed by atoms with E-state index in [0.717, 1.165) is 35.5 Å². The zero-order valence-electron chi connectivity index (χ0n) is 10.2. The third kappa shape index (κ3) is 2.64. The number of amides is 2. The molecule has 0 radical (unpaired) electrons. The molecule has 0 saturated heterocycles. The maximum absolute atomic E-state index is 11.7. The fraction of sp³-hybridized carbons (Fsp3) is 0.357. The molecule has 3 rings (SSSR count). The van der Waals surface area contributed by atoms with E-state index in [1.165, 1.54) is 12.8 Å². The van der Waals surface area contributed by atoms with E-state index in [0.29, 0.717) is 0 Å². The first kappa shape index (κ1) is 11.1. The molecule has 0 bridgehead atoms. The van der Waals surface area contributed by atoms with E-state index in [1.807, 2.05) is 30.5 Å². The van der Waals surface area contributed by atoms with Gasteiger partial charge in [-0.3, -0.25) is 0 Å². The van der Waals surface area contributed by atoms with Crippen molar-refractivity contribution in [2.24, 2.45) is 5.92 Å². The second-order valence-corrected chi connectivity index (χ2v) is 4.89. The molecule has 4 nitrogen and oxygen atoms in total. The normalized spacial score (nSPS) is 14.7. The van der Waals surface area contributed by atoms with Crippen molar-refractivity contribution in [1.82, 2.24) is 10.3 Å². The molecular weight excluding hydrogens is 226 g/mol. The number of nitrogens with one attached hydrogen (secondary N) is 3. The molecule has 0 spiro atoms. The number of hydrogen-bond donors (Lipinski definition) is 3. The number of H-pyrrole nitrogens is 1. The van der Waals surface area contributed by atoms with E-state index in [4.69, 9.17) is 0 Å². The molecule has 1 heterocycles. The zero-order valence-corrected chi connectivity index (χ0v) is 10.2. The number of urea groups is 1. The fourth-order valence-corrected chi connectivity index (χ4v) is 2.10. The van der Waals surface area contributed by atoms with Gasteiger partial charge >= 0.3 is 6.03 Å². The third-order valence-corrected chi connectivity index (χ3v) is 3.35. The minimum atomic E-state index is -0.124. The van der Waals surface area contributed by atoms with Gasteiger partial charge in [-0.25, -0.2) is 4.79 Å². The summed E-state index contributed by atoms with van der Waals surface area (Å²) >= 11 is 0. The Hall–Kier alpha value is -1.97. The Kier molecular flexibility index (Phi) is 2.92. The average molecular weight is 243 g/mol. The third-order valence-electron chi connectivity index (χ3n) is 3.35. The molecule has 0 atom stereocenters. The van der Waals surface area contributed by atoms with Crippen LogP contribution in [0, 0.1) is 5.92 Å². The van der Waals surface area contributed by atoms with E-state index in [9.17, 15) is 4.79 Å². The molecule has 2 aromatic rings. The van der Waals surface area contributed by atoms with Gasteiger partial charge in [-0.1, -0.05) is 18.9 Å². The Morgan fingerprint density at radius 1 is 1.33 bits per heavy atom. The summed E-state index contributed by atoms with van der Waals surface area (Å²) < 4.78 is 0. The Bertz CT molecular complexity index is 557. The highest BCUT2D eigenvalue weighted by atomic mass is 16.2. The molecule has 1 aliphatic carbocycles. The monoisotopic (exact) mass is 243 g/mol. The largest absolute Gasteiger partial charge is 0.361 e. The van der Waals surface area contributed by atoms with Crippen molar-refractivity contribution in [3.8, 4) is 0 Å². The summed E-state index contributed by atoms with van der Waals surface area (Å²) in [6, 6.07) is 7.73. The van der Waals surface area contributed by atoms with Gasteiger partial charge in [0.05, 0.1) is 0 Å². The fourth-order valence-electron chi connectivity index (χ4n) is 2.10. The van der Waals surface area contributed by atoms with E-state index in [1.54, 1.807) is 0 Å². The first-order chi connectivity index (χ1) is 8.81. The summed E-state index contributed by atoms with van der Waals surface area (Å²) in [5, 5.41) is 6.88. The van der Waals surface area contributed by atoms with Crippen LogP contribution in [0.4, 0.5) is 10.5 Å². The van der Waals surface area contributed by atoms with Gasteiger partial charge in [0.1, 0.15) is 0 Å². The minimum Gasteiger partial charge on any atom is -0.361 e. The molecule has 2 amide bonds. The van der Waals surface area contributed by atoms with Crippen LogP contribution in [0.1, 0.15) is 19.3 Å². The van der Waals surface area contributed by atoms with Crippen molar-refractivity contribution >= 4 is 22.6 Å². The number of rotatable bonds is 4. The van der Waals surface area contributed by atoms with Gasteiger partial charge in [0.25, 0.3) is 0 Å². The lowest BCUT2D eigenvalue weighted by Gasteiger charge is -2.07. The van der Waals surface area contributed by atoms with Crippen molar-refractivity contribution in [3.05, 3.63) is 30.5 Å². The smallest absolute Gasteiger partial charge is 0.319 e. The van der Waals surface area contributed by atoms with Gasteiger partial charge in [-0.05, 0) is 35.9 Å². The average Bonchev–Trinajstić information content (AvgIpc) is 3.06. The lowest BCUT2D eigenvalue weighted by molar-refractivity contribution is 0.252. The van der Waals surface area contributed by atoms with Crippen molar-refractivity contribution in [1.29, 1.82) is 0 Å². The molecule has 4 heteroatoms. The quantitative estimate of drug-likeness (QED) is 0.759. The van der Waals surface area contributed by atoms with Crippen molar-refractivity contribution in [3.63, 3.8) is 0 Å². The standard InChI is InChI=1S/C14H17N3O/c18-14(16-7-5-10-1-2-10)17-12-4-3-11-6-8-15-13(11)9-12/h3-4,6,8-10,15H,1-2,5,7H2,(H2,16,17,18). The van der Waals surface area contributed by atoms with Crippen LogP contribution < -0.4 is 10.6 Å². The number of carbonyl (C=O) groups is 1. The molecule has 1 aromatic carbocycles. The number of benzene rings is 1. The van der Waals surface area contributed by atoms with E-state index in [2.05, 4.69) is 15.6 Å². The van der Waals surface area contributed by atoms with Crippen LogP contribution in [0.2, 0.25) is 0 Å². The number of carbonyl (C=O) groups excluding carboxylic acids is 1. The number of aromatic amines is 1. The highest BCUT2D eigenvalue weighted by molar-refractivity contribution is 5.92. The molecule has 0 aliphatic heterocycles. The van der Waals surface area contributed by atoms with Crippen molar-refractivity contribution < 1.29 is 4.79 Å². The van der Waals surface area contributed by atoms with Crippen LogP contribution in [-0.2, 0) is 0 Å². The number of anilines is 1. The lowest BCUT2D eigenvalue weighted by atomic mass is 10.2. The Balaban J connectivity index is 1.55. The highest BCUT2D eigenvalue weighted by Gasteiger charge is 2.20. The number of fused-ring (bicyclic) bond motifs is 1. The molecule has 1 aliphatic rings. The van der Waals surface area contributed by atoms with E-state index < -0.39 is 0 Å². The van der Waals surface area contributed by atoms with Crippen molar-refractivity contribution in [2.45, 2.75) is 19.3 Å². The van der Waals surface area contributed by atoms with Gasteiger partial charge in [-0.15, -0.1) is 0 Å². The summed E-state index contributed by atoms with van der Waals surface area (Å²) in [5.74, 6) is 0.848. The van der Waals surface area contributed by atoms with Crippen LogP contribution in [-0.4, -0.2) is 17.6 Å². The van der Waals surface area contributed by atoms with Gasteiger partial charge in [-0.2, -0.15) is 0 Å². The second-order valence-electron chi connectivity index (χ2n) is 4.89. The van der Waals surface area contributed by atoms with E-state index in [-0.39, 0.29) is 6.03 Å². The molecule has 18 heavy (non-hydrogen) atoms. The molecule has 94 valence electrons. The summed E-state index contributed by atoms with van der Waals surface area (Å²) in [6.45, 7) is 0.765. The predicted molar refractivity (Wildman–Crippen MR) is 72.7 cm³/mol. The Morgan fingerprint density at radius 3 is 3.06 bits per heavy atom. The Labute approximate surface area is 106 Å². The van der Waals surface area contributed by atoms with Gasteiger partial charge in [0.2, 0.25) is 0 Å². The predicted octanol–water partition coefficient (Wildman–Crippen LogP) is 3.09. The first-order valence-electron chi connectivity index (χ1n) is 6.43. The molecule has 0 unspecified atom stereocenters. The lowest BCUT2D eigenvalue weighted by Crippen LogP contribution is -2.29. The van der Waals surface area contributed by atoms with Crippen molar-refractivity contribution in [2.75, 3.05) is 11.9 Å². The molecule has 1 saturated carbocycles. The van der Waals surface area contributed by atoms with Gasteiger partial charge < -0.3 is 15.6 Å². The maximum Gasteiger partial charge on any atom is 0.319 e. The number of hydrogen-bond acceptors (Lipinski definition) is 1. The Morgan fingerprint density at radius 2 is 2.22 bits per heavy atom. The van der Waals surface area contributed by atoms with Gasteiger partial charge in [0, 0.05) is 23.9 Å². The summed E-state index contributed by atoms with van der Waals surface area (Å²) in [5.41, 5.74) is 1.85. The summed E-state index contributed by atoms with van der Waals surface area (Å²) in [7, 11) is 0. The van der Waals surface area contributed by atoms with Gasteiger partial charge in [0.15, 0.2) is 0 Å². The van der Waals surface area contributed by atoms with Crippen LogP contribution in [0.5, 0.6) is 0 Å². The minimum absolute atomic E-state index is 0.124. The molecule has 1 aromatic heterocycles. The SMILES string of the molecule is O=C(NCCC1CC1)Nc1ccc2cc[nH]c2c1. The van der Waals surface area contributed by atoms with Crippen LogP contribution >= 0.6 is 0 Å². The van der Waals surface area contributed by atoms with Crippen LogP contribution in [0.3, 0.4) is 0 Å². The molecule has 3 N–H and O–H groups in total. The summed E-state index contributed by atoms with van der Waals surface area (Å²) in [4.78, 5) is 14.8. The maximum atomic E-state index is 11.7. The highest BCUT2D eigenvalue weighted by Crippen LogP contribution is 2.31. The summed E-state index contributed by atoms with van der Waals surface area (Å²) in [6.07, 6.45) is 5.65. The number of aromatic nitrogens is 1. The molecule has 1 fully saturated rings. The van der Waals surface area contributed by atoms with Crippen LogP contribution in [0.15, 0.2) is 30.5 Å². The zero-order chi connectivity index (χ0) is 12.4. The van der Waals surface area contributed by atoms with E-state index >= 15 is 0 Å². The molecular formula is C14H17N3O. The first-order valence-corrected chi connectivity index (χ1v) is 6.43. The van der Waals surface area contributed by atoms with Crippen LogP contribution in [0.25, 0.3) is 10.9 Å². The topological polar surface area (TPSA) is 56.9 Å². The second kappa shape index (κ2) is 4.72.